The van der Waals surface area contributed by atoms with Crippen molar-refractivity contribution in [2.45, 2.75) is 0 Å². The molecule has 0 saturated heterocycles. The van der Waals surface area contributed by atoms with Crippen LogP contribution in [0.5, 0.6) is 0 Å². The lowest BCUT2D eigenvalue weighted by atomic mass is 10.0. The predicted octanol–water partition coefficient (Wildman–Crippen LogP) is 8.88. The van der Waals surface area contributed by atoms with Crippen LogP contribution in [0.15, 0.2) is 142 Å². The molecule has 2 nitrogen and oxygen atoms in total. The quantitative estimate of drug-likeness (QED) is 0.149. The van der Waals surface area contributed by atoms with Gasteiger partial charge in [0.05, 0.1) is 0 Å². The summed E-state index contributed by atoms with van der Waals surface area (Å²) in [6.45, 7) is 0. The Morgan fingerprint density at radius 3 is 1.59 bits per heavy atom. The first kappa shape index (κ1) is 33.0. The maximum absolute atomic E-state index is 9.75. The molecule has 5 rings (SSSR count). The van der Waals surface area contributed by atoms with Crippen LogP contribution in [0.1, 0.15) is 11.1 Å². The Bertz CT molecular complexity index is 1800. The van der Waals surface area contributed by atoms with Gasteiger partial charge in [0.25, 0.3) is 0 Å². The van der Waals surface area contributed by atoms with E-state index in [1.165, 1.54) is 11.3 Å². The number of ether oxygens (including phenoxy) is 1. The molecule has 0 fully saturated rings. The molecule has 0 amide bonds. The molecule has 1 aliphatic carbocycles. The van der Waals surface area contributed by atoms with Gasteiger partial charge in [-0.1, -0.05) is 98.6 Å². The van der Waals surface area contributed by atoms with Crippen LogP contribution in [0.4, 0.5) is 17.3 Å². The summed E-state index contributed by atoms with van der Waals surface area (Å²) in [6, 6.07) is 25.0. The lowest BCUT2D eigenvalue weighted by Gasteiger charge is -2.18. The highest BCUT2D eigenvalue weighted by molar-refractivity contribution is 9.10. The molecule has 224 valence electrons. The van der Waals surface area contributed by atoms with Gasteiger partial charge in [0.1, 0.15) is 25.6 Å². The molecule has 44 heavy (non-hydrogen) atoms. The second-order valence-electron chi connectivity index (χ2n) is 9.94. The number of halogens is 6. The smallest absolute Gasteiger partial charge is 0.457 e. The van der Waals surface area contributed by atoms with Crippen molar-refractivity contribution in [1.29, 1.82) is 0 Å². The highest BCUT2D eigenvalue weighted by Crippen LogP contribution is 2.32. The van der Waals surface area contributed by atoms with Crippen LogP contribution in [0, 0.1) is 0 Å². The molecule has 3 aromatic rings. The molecule has 0 atom stereocenters. The summed E-state index contributed by atoms with van der Waals surface area (Å²) in [7, 11) is -1.90. The van der Waals surface area contributed by atoms with Crippen molar-refractivity contribution in [3.05, 3.63) is 163 Å². The van der Waals surface area contributed by atoms with E-state index in [-0.39, 0.29) is 0 Å². The van der Waals surface area contributed by atoms with E-state index in [4.69, 9.17) is 4.74 Å². The zero-order valence-corrected chi connectivity index (χ0v) is 27.1. The zero-order chi connectivity index (χ0) is 31.7. The number of rotatable bonds is 4. The Morgan fingerprint density at radius 2 is 1.09 bits per heavy atom. The van der Waals surface area contributed by atoms with Crippen molar-refractivity contribution in [2.24, 2.45) is 0 Å². The van der Waals surface area contributed by atoms with Crippen LogP contribution < -0.4 is 10.4 Å². The SMILES string of the molecule is C[N+](C)=C1C=CC(=CC=c2ccc(=CC=C3C=C(c4ccc(Br)cc4)C=C(c4ccc(Br)cc4)O3)cc2)C=C1.F[B-](F)(F)F. The lowest BCUT2D eigenvalue weighted by molar-refractivity contribution is -0.462. The summed E-state index contributed by atoms with van der Waals surface area (Å²) in [4.78, 5) is 0. The van der Waals surface area contributed by atoms with Crippen LogP contribution in [0.25, 0.3) is 23.5 Å². The van der Waals surface area contributed by atoms with Crippen LogP contribution in [-0.4, -0.2) is 31.6 Å². The van der Waals surface area contributed by atoms with Crippen molar-refractivity contribution in [3.63, 3.8) is 0 Å². The van der Waals surface area contributed by atoms with Gasteiger partial charge in [0.15, 0.2) is 5.71 Å². The Morgan fingerprint density at radius 1 is 0.614 bits per heavy atom. The fourth-order valence-corrected chi connectivity index (χ4v) is 4.67. The third kappa shape index (κ3) is 10.6. The van der Waals surface area contributed by atoms with Gasteiger partial charge < -0.3 is 22.0 Å². The third-order valence-corrected chi connectivity index (χ3v) is 7.43. The fourth-order valence-electron chi connectivity index (χ4n) is 4.14. The highest BCUT2D eigenvalue weighted by Gasteiger charge is 2.20. The van der Waals surface area contributed by atoms with Crippen molar-refractivity contribution < 1.29 is 26.6 Å². The molecule has 0 bridgehead atoms. The van der Waals surface area contributed by atoms with E-state index < -0.39 is 7.25 Å². The van der Waals surface area contributed by atoms with Crippen LogP contribution >= 0.6 is 31.9 Å². The highest BCUT2D eigenvalue weighted by atomic mass is 79.9. The molecule has 3 aromatic carbocycles. The molecule has 1 heterocycles. The van der Waals surface area contributed by atoms with Gasteiger partial charge in [-0.05, 0) is 81.8 Å². The zero-order valence-electron chi connectivity index (χ0n) is 23.9. The average molecular weight is 725 g/mol. The minimum atomic E-state index is -6.00. The number of nitrogens with zero attached hydrogens (tertiary/aromatic N) is 1. The third-order valence-electron chi connectivity index (χ3n) is 6.37. The topological polar surface area (TPSA) is 12.2 Å². The van der Waals surface area contributed by atoms with E-state index in [0.29, 0.717) is 0 Å². The standard InChI is InChI=1S/C35H28Br2NO.BF4/c1-38(2)33-20-9-27(10-21-33)8-5-25-3-6-26(7-4-25)11-22-34-23-30(28-12-16-31(36)17-13-28)24-35(39-34)29-14-18-32(37)19-15-29;2-1(3,4)5/h3-24H,1-2H3;/q+1;-1. The maximum Gasteiger partial charge on any atom is 0.673 e. The van der Waals surface area contributed by atoms with Gasteiger partial charge in [-0.15, -0.1) is 0 Å². The summed E-state index contributed by atoms with van der Waals surface area (Å²) < 4.78 is 49.5. The number of benzene rings is 3. The second-order valence-corrected chi connectivity index (χ2v) is 11.8. The first-order valence-corrected chi connectivity index (χ1v) is 15.1. The van der Waals surface area contributed by atoms with Gasteiger partial charge in [0, 0.05) is 26.7 Å². The number of allylic oxidation sites excluding steroid dienone is 10. The van der Waals surface area contributed by atoms with Crippen LogP contribution in [0.3, 0.4) is 0 Å². The molecule has 9 heteroatoms. The largest absolute Gasteiger partial charge is 0.673 e. The minimum Gasteiger partial charge on any atom is -0.457 e. The summed E-state index contributed by atoms with van der Waals surface area (Å²) in [5.74, 6) is 1.61. The summed E-state index contributed by atoms with van der Waals surface area (Å²) in [5.41, 5.74) is 5.64. The number of hydrogen-bond acceptors (Lipinski definition) is 1. The molecule has 0 unspecified atom stereocenters. The van der Waals surface area contributed by atoms with Gasteiger partial charge in [-0.2, -0.15) is 0 Å². The van der Waals surface area contributed by atoms with E-state index in [1.807, 2.05) is 18.2 Å². The van der Waals surface area contributed by atoms with Crippen molar-refractivity contribution in [3.8, 4) is 0 Å². The Labute approximate surface area is 271 Å². The summed E-state index contributed by atoms with van der Waals surface area (Å²) in [6.07, 6.45) is 21.1. The fraction of sp³-hybridized carbons (Fsp3) is 0.0571. The molecule has 2 aliphatic rings. The molecule has 0 spiro atoms. The second kappa shape index (κ2) is 15.2. The lowest BCUT2D eigenvalue weighted by Crippen LogP contribution is -2.09. The molecular weight excluding hydrogens is 697 g/mol. The van der Waals surface area contributed by atoms with Crippen molar-refractivity contribution in [1.82, 2.24) is 0 Å². The minimum absolute atomic E-state index is 0.790. The number of hydrogen-bond donors (Lipinski definition) is 0. The summed E-state index contributed by atoms with van der Waals surface area (Å²) in [5, 5.41) is 2.26. The van der Waals surface area contributed by atoms with E-state index in [2.05, 4.69) is 166 Å². The normalized spacial score (nSPS) is 15.0. The molecule has 0 aromatic heterocycles. The Balaban J connectivity index is 0.000000818. The van der Waals surface area contributed by atoms with E-state index in [1.54, 1.807) is 0 Å². The van der Waals surface area contributed by atoms with Gasteiger partial charge in [-0.25, -0.2) is 4.58 Å². The van der Waals surface area contributed by atoms with E-state index in [0.717, 1.165) is 47.6 Å². The Hall–Kier alpha value is -3.95. The average Bonchev–Trinajstić information content (AvgIpc) is 2.99. The molecular formula is C35H28BBr2F4NO. The van der Waals surface area contributed by atoms with E-state index in [9.17, 15) is 17.3 Å². The first-order valence-electron chi connectivity index (χ1n) is 13.5. The maximum atomic E-state index is 9.75. The van der Waals surface area contributed by atoms with Crippen molar-refractivity contribution in [2.75, 3.05) is 14.1 Å². The van der Waals surface area contributed by atoms with E-state index >= 15 is 0 Å². The molecule has 1 aliphatic heterocycles. The molecule has 0 N–H and O–H groups in total. The Kier molecular flexibility index (Phi) is 11.4. The van der Waals surface area contributed by atoms with Gasteiger partial charge >= 0.3 is 7.25 Å². The molecule has 0 radical (unpaired) electrons. The summed E-state index contributed by atoms with van der Waals surface area (Å²) >= 11 is 7.06. The van der Waals surface area contributed by atoms with Crippen molar-refractivity contribution >= 4 is 68.3 Å². The molecule has 0 saturated carbocycles. The predicted molar refractivity (Wildman–Crippen MR) is 182 cm³/mol. The van der Waals surface area contributed by atoms with Gasteiger partial charge in [-0.3, -0.25) is 0 Å². The van der Waals surface area contributed by atoms with Gasteiger partial charge in [0.2, 0.25) is 0 Å². The van der Waals surface area contributed by atoms with Crippen LogP contribution in [0.2, 0.25) is 0 Å². The monoisotopic (exact) mass is 723 g/mol. The van der Waals surface area contributed by atoms with Crippen LogP contribution in [-0.2, 0) is 4.74 Å². The first-order chi connectivity index (χ1) is 20.9.